The number of anilines is 1. The predicted molar refractivity (Wildman–Crippen MR) is 123 cm³/mol. The summed E-state index contributed by atoms with van der Waals surface area (Å²) in [5.41, 5.74) is 1.54. The lowest BCUT2D eigenvalue weighted by atomic mass is 10.2. The third-order valence-electron chi connectivity index (χ3n) is 4.22. The fourth-order valence-corrected chi connectivity index (χ4v) is 3.87. The summed E-state index contributed by atoms with van der Waals surface area (Å²) in [4.78, 5) is 24.4. The van der Waals surface area contributed by atoms with Crippen LogP contribution in [0.2, 0.25) is 10.0 Å². The molecule has 2 aromatic carbocycles. The number of aromatic nitrogens is 3. The summed E-state index contributed by atoms with van der Waals surface area (Å²) in [5.74, 6) is 0.0345. The largest absolute Gasteiger partial charge is 0.462 e. The molecule has 0 bridgehead atoms. The van der Waals surface area contributed by atoms with Crippen molar-refractivity contribution in [2.24, 2.45) is 0 Å². The molecule has 1 N–H and O–H groups in total. The third-order valence-corrected chi connectivity index (χ3v) is 5.77. The highest BCUT2D eigenvalue weighted by Crippen LogP contribution is 2.27. The highest BCUT2D eigenvalue weighted by atomic mass is 35.5. The number of nitrogens with one attached hydrogen (secondary N) is 1. The van der Waals surface area contributed by atoms with E-state index < -0.39 is 5.97 Å². The van der Waals surface area contributed by atoms with E-state index in [0.717, 1.165) is 5.56 Å². The van der Waals surface area contributed by atoms with E-state index in [1.54, 1.807) is 31.2 Å². The lowest BCUT2D eigenvalue weighted by Crippen LogP contribution is -2.15. The van der Waals surface area contributed by atoms with Gasteiger partial charge in [-0.3, -0.25) is 4.79 Å². The zero-order valence-corrected chi connectivity index (χ0v) is 19.2. The van der Waals surface area contributed by atoms with Crippen LogP contribution in [0.3, 0.4) is 0 Å². The van der Waals surface area contributed by atoms with E-state index in [0.29, 0.717) is 38.8 Å². The van der Waals surface area contributed by atoms with Gasteiger partial charge in [-0.15, -0.1) is 10.2 Å². The number of nitrogens with zero attached hydrogens (tertiary/aromatic N) is 3. The number of benzene rings is 2. The summed E-state index contributed by atoms with van der Waals surface area (Å²) >= 11 is 13.4. The smallest absolute Gasteiger partial charge is 0.338 e. The molecule has 1 amide bonds. The molecular weight excluding hydrogens is 459 g/mol. The monoisotopic (exact) mass is 478 g/mol. The number of amides is 1. The van der Waals surface area contributed by atoms with Gasteiger partial charge >= 0.3 is 5.97 Å². The normalized spacial score (nSPS) is 10.7. The number of halogens is 2. The van der Waals surface area contributed by atoms with Crippen molar-refractivity contribution in [3.05, 3.63) is 58.1 Å². The van der Waals surface area contributed by atoms with Gasteiger partial charge in [0.05, 0.1) is 28.6 Å². The molecule has 1 aromatic heterocycles. The van der Waals surface area contributed by atoms with Crippen LogP contribution in [-0.2, 0) is 16.1 Å². The van der Waals surface area contributed by atoms with Crippen molar-refractivity contribution in [1.29, 1.82) is 0 Å². The Morgan fingerprint density at radius 2 is 1.84 bits per heavy atom. The van der Waals surface area contributed by atoms with E-state index in [4.69, 9.17) is 27.9 Å². The zero-order valence-electron chi connectivity index (χ0n) is 16.9. The maximum absolute atomic E-state index is 12.5. The summed E-state index contributed by atoms with van der Waals surface area (Å²) in [5, 5.41) is 12.8. The Balaban J connectivity index is 1.68. The number of thioether (sulfide) groups is 1. The average Bonchev–Trinajstić information content (AvgIpc) is 3.17. The molecule has 1 heterocycles. The molecule has 0 atom stereocenters. The molecule has 0 radical (unpaired) electrons. The molecule has 162 valence electrons. The van der Waals surface area contributed by atoms with Crippen molar-refractivity contribution in [1.82, 2.24) is 14.8 Å². The molecular formula is C21H20Cl2N4O3S. The molecule has 0 aliphatic heterocycles. The number of hydrogen-bond donors (Lipinski definition) is 1. The van der Waals surface area contributed by atoms with E-state index in [1.807, 2.05) is 23.6 Å². The maximum atomic E-state index is 12.5. The molecule has 10 heteroatoms. The van der Waals surface area contributed by atoms with Crippen LogP contribution in [0.5, 0.6) is 0 Å². The van der Waals surface area contributed by atoms with Crippen LogP contribution < -0.4 is 5.32 Å². The Morgan fingerprint density at radius 3 is 2.52 bits per heavy atom. The van der Waals surface area contributed by atoms with E-state index in [9.17, 15) is 9.59 Å². The molecule has 31 heavy (non-hydrogen) atoms. The number of rotatable bonds is 8. The number of esters is 1. The van der Waals surface area contributed by atoms with Gasteiger partial charge in [0.25, 0.3) is 0 Å². The number of ether oxygens (including phenoxy) is 1. The van der Waals surface area contributed by atoms with Crippen molar-refractivity contribution in [3.8, 4) is 11.4 Å². The first-order valence-corrected chi connectivity index (χ1v) is 11.3. The van der Waals surface area contributed by atoms with E-state index in [-0.39, 0.29) is 18.3 Å². The summed E-state index contributed by atoms with van der Waals surface area (Å²) in [6.45, 7) is 4.60. The molecule has 0 spiro atoms. The Bertz CT molecular complexity index is 1090. The Kier molecular flexibility index (Phi) is 7.95. The van der Waals surface area contributed by atoms with Crippen LogP contribution in [0.15, 0.2) is 47.6 Å². The van der Waals surface area contributed by atoms with Gasteiger partial charge in [-0.2, -0.15) is 0 Å². The quantitative estimate of drug-likeness (QED) is 0.354. The fourth-order valence-electron chi connectivity index (χ4n) is 2.77. The van der Waals surface area contributed by atoms with Crippen molar-refractivity contribution < 1.29 is 14.3 Å². The Morgan fingerprint density at radius 1 is 1.10 bits per heavy atom. The van der Waals surface area contributed by atoms with E-state index in [2.05, 4.69) is 15.5 Å². The van der Waals surface area contributed by atoms with Gasteiger partial charge in [-0.1, -0.05) is 35.0 Å². The topological polar surface area (TPSA) is 86.1 Å². The fraction of sp³-hybridized carbons (Fsp3) is 0.238. The Labute approximate surface area is 194 Å². The highest BCUT2D eigenvalue weighted by Gasteiger charge is 2.16. The van der Waals surface area contributed by atoms with Gasteiger partial charge < -0.3 is 14.6 Å². The van der Waals surface area contributed by atoms with Gasteiger partial charge in [-0.25, -0.2) is 4.79 Å². The zero-order chi connectivity index (χ0) is 22.4. The van der Waals surface area contributed by atoms with E-state index in [1.165, 1.54) is 17.8 Å². The highest BCUT2D eigenvalue weighted by molar-refractivity contribution is 7.99. The van der Waals surface area contributed by atoms with Crippen LogP contribution in [0.4, 0.5) is 5.69 Å². The first kappa shape index (κ1) is 23.1. The molecule has 7 nitrogen and oxygen atoms in total. The number of carbonyl (C=O) groups excluding carboxylic acids is 2. The lowest BCUT2D eigenvalue weighted by molar-refractivity contribution is -0.113. The lowest BCUT2D eigenvalue weighted by Gasteiger charge is -2.10. The van der Waals surface area contributed by atoms with E-state index >= 15 is 0 Å². The van der Waals surface area contributed by atoms with Crippen LogP contribution in [0.1, 0.15) is 24.2 Å². The minimum atomic E-state index is -0.477. The van der Waals surface area contributed by atoms with Gasteiger partial charge in [-0.05, 0) is 56.3 Å². The minimum Gasteiger partial charge on any atom is -0.462 e. The maximum Gasteiger partial charge on any atom is 0.338 e. The predicted octanol–water partition coefficient (Wildman–Crippen LogP) is 5.18. The van der Waals surface area contributed by atoms with Gasteiger partial charge in [0.15, 0.2) is 11.0 Å². The molecule has 0 fully saturated rings. The first-order valence-electron chi connectivity index (χ1n) is 9.51. The first-order chi connectivity index (χ1) is 14.9. The van der Waals surface area contributed by atoms with Crippen LogP contribution >= 0.6 is 35.0 Å². The molecule has 0 saturated carbocycles. The summed E-state index contributed by atoms with van der Waals surface area (Å²) < 4.78 is 6.91. The van der Waals surface area contributed by atoms with Crippen LogP contribution in [-0.4, -0.2) is 39.0 Å². The Hall–Kier alpha value is -2.55. The second kappa shape index (κ2) is 10.7. The summed E-state index contributed by atoms with van der Waals surface area (Å²) in [6.07, 6.45) is 0. The second-order valence-electron chi connectivity index (χ2n) is 6.31. The number of carbonyl (C=O) groups is 2. The third kappa shape index (κ3) is 5.78. The van der Waals surface area contributed by atoms with Crippen molar-refractivity contribution >= 4 is 52.5 Å². The van der Waals surface area contributed by atoms with Crippen molar-refractivity contribution in [2.45, 2.75) is 25.5 Å². The van der Waals surface area contributed by atoms with Crippen LogP contribution in [0.25, 0.3) is 11.4 Å². The second-order valence-corrected chi connectivity index (χ2v) is 8.10. The summed E-state index contributed by atoms with van der Waals surface area (Å²) in [7, 11) is 0. The molecule has 3 rings (SSSR count). The van der Waals surface area contributed by atoms with Gasteiger partial charge in [0.1, 0.15) is 0 Å². The molecule has 0 saturated heterocycles. The van der Waals surface area contributed by atoms with Crippen LogP contribution in [0, 0.1) is 0 Å². The molecule has 0 unspecified atom stereocenters. The minimum absolute atomic E-state index is 0.0959. The van der Waals surface area contributed by atoms with Crippen molar-refractivity contribution in [2.75, 3.05) is 17.7 Å². The van der Waals surface area contributed by atoms with Gasteiger partial charge in [0.2, 0.25) is 5.91 Å². The number of hydrogen-bond acceptors (Lipinski definition) is 6. The van der Waals surface area contributed by atoms with Crippen molar-refractivity contribution in [3.63, 3.8) is 0 Å². The summed E-state index contributed by atoms with van der Waals surface area (Å²) in [6, 6.07) is 11.9. The standard InChI is InChI=1S/C21H20Cl2N4O3S/c1-3-27-19(13-5-8-15(22)9-6-13)25-26-21(27)31-12-18(28)24-17-11-14(7-10-16(17)23)20(29)30-4-2/h5-11H,3-4,12H2,1-2H3,(H,24,28). The average molecular weight is 479 g/mol. The molecule has 3 aromatic rings. The molecule has 0 aliphatic carbocycles. The molecule has 0 aliphatic rings. The van der Waals surface area contributed by atoms with Gasteiger partial charge in [0, 0.05) is 17.1 Å². The SMILES string of the molecule is CCOC(=O)c1ccc(Cl)c(NC(=O)CSc2nnc(-c3ccc(Cl)cc3)n2CC)c1.